The number of phosphoric acid groups is 2. The first-order chi connectivity index (χ1) is 47.7. The number of esters is 4. The quantitative estimate of drug-likeness (QED) is 0.0169. The van der Waals surface area contributed by atoms with Crippen molar-refractivity contribution >= 4 is 39.5 Å². The summed E-state index contributed by atoms with van der Waals surface area (Å²) in [4.78, 5) is 72.8. The van der Waals surface area contributed by atoms with Gasteiger partial charge in [0.1, 0.15) is 19.3 Å². The highest BCUT2D eigenvalue weighted by Crippen LogP contribution is 2.45. The number of allylic oxidation sites excluding steroid dienone is 12. The van der Waals surface area contributed by atoms with Gasteiger partial charge in [-0.05, 0) is 116 Å². The lowest BCUT2D eigenvalue weighted by Gasteiger charge is -2.21. The van der Waals surface area contributed by atoms with E-state index in [1.54, 1.807) is 0 Å². The van der Waals surface area contributed by atoms with Crippen molar-refractivity contribution in [2.75, 3.05) is 39.6 Å². The summed E-state index contributed by atoms with van der Waals surface area (Å²) >= 11 is 0. The van der Waals surface area contributed by atoms with E-state index in [4.69, 9.17) is 37.0 Å². The first kappa shape index (κ1) is 94.5. The molecule has 3 N–H and O–H groups in total. The van der Waals surface area contributed by atoms with E-state index < -0.39 is 97.5 Å². The standard InChI is InChI=1S/C79H142O17P2/c1-5-9-13-17-21-25-29-33-35-36-38-41-44-48-52-56-60-64-77(82)90-70-74(95-78(83)65-61-57-53-49-45-40-32-28-24-20-16-12-8-4)71-93-97(85,86)91-67-73(80)68-92-98(87,88)94-72-75(69-89-76(81)63-59-55-51-47-43-39-31-27-23-19-15-11-7-3)96-79(84)66-62-58-54-50-46-42-37-34-30-26-22-18-14-10-6-2/h21,25,27,31,33-35,37-38,41,48,52,73-75,80H,5-20,22-24,26,28-30,32,36,39-40,42-47,49-51,53-72H2,1-4H3,(H,85,86)(H,87,88)/b25-21-,31-27-,35-33-,37-34-,41-38-,52-48-/t73-,74-,75-/m1/s1. The first-order valence-corrected chi connectivity index (χ1v) is 42.2. The van der Waals surface area contributed by atoms with Crippen LogP contribution in [0, 0.1) is 0 Å². The molecule has 0 aromatic carbocycles. The minimum Gasteiger partial charge on any atom is -0.462 e. The summed E-state index contributed by atoms with van der Waals surface area (Å²) in [5.41, 5.74) is 0. The molecule has 0 saturated heterocycles. The molecule has 0 radical (unpaired) electrons. The average Bonchev–Trinajstić information content (AvgIpc) is 0.962. The number of aliphatic hydroxyl groups is 1. The molecule has 570 valence electrons. The van der Waals surface area contributed by atoms with E-state index in [-0.39, 0.29) is 25.7 Å². The van der Waals surface area contributed by atoms with Crippen molar-refractivity contribution in [2.24, 2.45) is 0 Å². The predicted molar refractivity (Wildman–Crippen MR) is 400 cm³/mol. The molecule has 0 aliphatic rings. The van der Waals surface area contributed by atoms with E-state index in [1.165, 1.54) is 135 Å². The van der Waals surface area contributed by atoms with Crippen LogP contribution in [0.5, 0.6) is 0 Å². The minimum atomic E-state index is -4.98. The monoisotopic (exact) mass is 1420 g/mol. The molecule has 0 aliphatic heterocycles. The van der Waals surface area contributed by atoms with Crippen molar-refractivity contribution in [3.05, 3.63) is 72.9 Å². The summed E-state index contributed by atoms with van der Waals surface area (Å²) in [6, 6.07) is 0. The van der Waals surface area contributed by atoms with Crippen LogP contribution in [-0.2, 0) is 65.4 Å². The zero-order valence-electron chi connectivity index (χ0n) is 62.2. The zero-order chi connectivity index (χ0) is 71.8. The molecule has 2 unspecified atom stereocenters. The van der Waals surface area contributed by atoms with E-state index in [0.29, 0.717) is 32.1 Å². The van der Waals surface area contributed by atoms with Gasteiger partial charge in [-0.15, -0.1) is 0 Å². The molecule has 0 heterocycles. The Morgan fingerprint density at radius 1 is 0.286 bits per heavy atom. The third kappa shape index (κ3) is 70.9. The van der Waals surface area contributed by atoms with Gasteiger partial charge in [0, 0.05) is 25.7 Å². The third-order valence-corrected chi connectivity index (χ3v) is 18.5. The second kappa shape index (κ2) is 71.9. The lowest BCUT2D eigenvalue weighted by atomic mass is 10.0. The molecule has 0 saturated carbocycles. The minimum absolute atomic E-state index is 0.0856. The Kier molecular flexibility index (Phi) is 69.3. The summed E-state index contributed by atoms with van der Waals surface area (Å²) < 4.78 is 68.5. The molecule has 0 amide bonds. The van der Waals surface area contributed by atoms with Gasteiger partial charge in [-0.3, -0.25) is 37.3 Å². The molecular formula is C79H142O17P2. The molecule has 19 heteroatoms. The summed E-state index contributed by atoms with van der Waals surface area (Å²) in [7, 11) is -9.95. The number of aliphatic hydroxyl groups excluding tert-OH is 1. The molecule has 0 spiro atoms. The predicted octanol–water partition coefficient (Wildman–Crippen LogP) is 22.4. The van der Waals surface area contributed by atoms with Crippen LogP contribution in [0.4, 0.5) is 0 Å². The SMILES string of the molecule is CCCCC/C=C\C/C=C\C/C=C\C/C=C\CCCC(=O)OC[C@H](COP(=O)(O)OC[C@@H](O)COP(=O)(O)OC[C@@H](COC(=O)CCCCCCC/C=C\CCCCCC)OC(=O)CCCCCCC/C=C\CCCCCCCC)OC(=O)CCCCCCCCCCCCCCC. The molecule has 98 heavy (non-hydrogen) atoms. The topological polar surface area (TPSA) is 237 Å². The molecule has 5 atom stereocenters. The van der Waals surface area contributed by atoms with Crippen LogP contribution in [0.3, 0.4) is 0 Å². The second-order valence-electron chi connectivity index (χ2n) is 26.3. The Morgan fingerprint density at radius 2 is 0.510 bits per heavy atom. The number of ether oxygens (including phenoxy) is 4. The van der Waals surface area contributed by atoms with E-state index in [1.807, 2.05) is 12.2 Å². The van der Waals surface area contributed by atoms with Gasteiger partial charge in [0.2, 0.25) is 0 Å². The number of phosphoric ester groups is 2. The van der Waals surface area contributed by atoms with Crippen LogP contribution in [0.25, 0.3) is 0 Å². The lowest BCUT2D eigenvalue weighted by molar-refractivity contribution is -0.161. The maximum absolute atomic E-state index is 13.1. The molecule has 0 fully saturated rings. The number of hydrogen-bond acceptors (Lipinski definition) is 15. The Morgan fingerprint density at radius 3 is 0.847 bits per heavy atom. The molecule has 17 nitrogen and oxygen atoms in total. The van der Waals surface area contributed by atoms with Gasteiger partial charge in [-0.1, -0.05) is 280 Å². The number of rotatable bonds is 74. The van der Waals surface area contributed by atoms with Gasteiger partial charge in [0.15, 0.2) is 12.2 Å². The van der Waals surface area contributed by atoms with E-state index >= 15 is 0 Å². The van der Waals surface area contributed by atoms with Gasteiger partial charge in [-0.2, -0.15) is 0 Å². The van der Waals surface area contributed by atoms with Crippen molar-refractivity contribution in [2.45, 2.75) is 367 Å². The average molecular weight is 1430 g/mol. The third-order valence-electron chi connectivity index (χ3n) is 16.6. The zero-order valence-corrected chi connectivity index (χ0v) is 64.0. The maximum atomic E-state index is 13.1. The fraction of sp³-hybridized carbons (Fsp3) is 0.797. The number of carbonyl (C=O) groups is 4. The van der Waals surface area contributed by atoms with Crippen molar-refractivity contribution < 1.29 is 80.2 Å². The van der Waals surface area contributed by atoms with E-state index in [2.05, 4.69) is 88.5 Å². The van der Waals surface area contributed by atoms with Crippen LogP contribution in [0.1, 0.15) is 349 Å². The lowest BCUT2D eigenvalue weighted by Crippen LogP contribution is -2.30. The molecular weight excluding hydrogens is 1280 g/mol. The molecule has 0 aromatic rings. The van der Waals surface area contributed by atoms with Crippen LogP contribution in [-0.4, -0.2) is 96.7 Å². The van der Waals surface area contributed by atoms with Gasteiger partial charge < -0.3 is 33.8 Å². The Hall–Kier alpha value is -3.50. The second-order valence-corrected chi connectivity index (χ2v) is 29.2. The highest BCUT2D eigenvalue weighted by atomic mass is 31.2. The molecule has 0 bridgehead atoms. The molecule has 0 aromatic heterocycles. The summed E-state index contributed by atoms with van der Waals surface area (Å²) in [6.07, 6.45) is 71.8. The van der Waals surface area contributed by atoms with Crippen molar-refractivity contribution in [3.63, 3.8) is 0 Å². The number of unbranched alkanes of at least 4 members (excludes halogenated alkanes) is 36. The van der Waals surface area contributed by atoms with Crippen LogP contribution < -0.4 is 0 Å². The highest BCUT2D eigenvalue weighted by Gasteiger charge is 2.30. The molecule has 0 rings (SSSR count). The number of carbonyl (C=O) groups excluding carboxylic acids is 4. The summed E-state index contributed by atoms with van der Waals surface area (Å²) in [5.74, 6) is -2.23. The van der Waals surface area contributed by atoms with Crippen LogP contribution in [0.15, 0.2) is 72.9 Å². The Balaban J connectivity index is 5.37. The fourth-order valence-corrected chi connectivity index (χ4v) is 12.2. The summed E-state index contributed by atoms with van der Waals surface area (Å²) in [6.45, 7) is 4.79. The van der Waals surface area contributed by atoms with Gasteiger partial charge in [0.25, 0.3) is 0 Å². The van der Waals surface area contributed by atoms with Crippen molar-refractivity contribution in [1.82, 2.24) is 0 Å². The van der Waals surface area contributed by atoms with Crippen LogP contribution in [0.2, 0.25) is 0 Å². The Bertz CT molecular complexity index is 2140. The Labute approximate surface area is 596 Å². The largest absolute Gasteiger partial charge is 0.472 e. The first-order valence-electron chi connectivity index (χ1n) is 39.2. The maximum Gasteiger partial charge on any atom is 0.472 e. The smallest absolute Gasteiger partial charge is 0.462 e. The van der Waals surface area contributed by atoms with Crippen molar-refractivity contribution in [1.29, 1.82) is 0 Å². The van der Waals surface area contributed by atoms with Crippen molar-refractivity contribution in [3.8, 4) is 0 Å². The number of hydrogen-bond donors (Lipinski definition) is 3. The molecule has 0 aliphatic carbocycles. The van der Waals surface area contributed by atoms with Gasteiger partial charge in [0.05, 0.1) is 26.4 Å². The highest BCUT2D eigenvalue weighted by molar-refractivity contribution is 7.47. The van der Waals surface area contributed by atoms with Gasteiger partial charge >= 0.3 is 39.5 Å². The normalized spacial score (nSPS) is 14.3. The fourth-order valence-electron chi connectivity index (χ4n) is 10.6. The van der Waals surface area contributed by atoms with E-state index in [0.717, 1.165) is 128 Å². The van der Waals surface area contributed by atoms with E-state index in [9.17, 15) is 43.2 Å². The van der Waals surface area contributed by atoms with Crippen LogP contribution >= 0.6 is 15.6 Å². The van der Waals surface area contributed by atoms with Gasteiger partial charge in [-0.25, -0.2) is 9.13 Å². The summed E-state index contributed by atoms with van der Waals surface area (Å²) in [5, 5.41) is 10.6.